The highest BCUT2D eigenvalue weighted by Gasteiger charge is 2.16. The molecule has 0 aliphatic heterocycles. The van der Waals surface area contributed by atoms with Gasteiger partial charge in [-0.15, -0.1) is 0 Å². The predicted octanol–water partition coefficient (Wildman–Crippen LogP) is 2.79. The first-order chi connectivity index (χ1) is 13.0. The Labute approximate surface area is 153 Å². The summed E-state index contributed by atoms with van der Waals surface area (Å²) in [6.45, 7) is 0.786. The summed E-state index contributed by atoms with van der Waals surface area (Å²) in [4.78, 5) is 47.7. The highest BCUT2D eigenvalue weighted by atomic mass is 16.5. The zero-order valence-electron chi connectivity index (χ0n) is 14.4. The molecule has 1 heterocycles. The fourth-order valence-corrected chi connectivity index (χ4v) is 2.49. The average molecular weight is 365 g/mol. The van der Waals surface area contributed by atoms with Crippen molar-refractivity contribution in [1.82, 2.24) is 0 Å². The first-order valence-electron chi connectivity index (χ1n) is 8.05. The molecule has 0 fully saturated rings. The standard InChI is InChI=1S/C20H15NO6/c1-12(22)13-6-2-4-8-15(13)21-19(24)11-26-20(25)18-10-16(23)14-7-3-5-9-17(14)27-18/h2-10H,11H2,1H3,(H,21,24). The molecule has 0 aliphatic carbocycles. The van der Waals surface area contributed by atoms with E-state index in [1.54, 1.807) is 48.5 Å². The molecule has 0 spiro atoms. The molecule has 7 heteroatoms. The topological polar surface area (TPSA) is 103 Å². The van der Waals surface area contributed by atoms with E-state index in [1.165, 1.54) is 6.92 Å². The number of nitrogens with one attached hydrogen (secondary N) is 1. The number of carbonyl (C=O) groups is 3. The summed E-state index contributed by atoms with van der Waals surface area (Å²) in [5.41, 5.74) is 0.529. The summed E-state index contributed by atoms with van der Waals surface area (Å²) in [7, 11) is 0. The van der Waals surface area contributed by atoms with Crippen LogP contribution in [0.1, 0.15) is 27.8 Å². The van der Waals surface area contributed by atoms with Gasteiger partial charge in [-0.25, -0.2) is 4.79 Å². The molecular formula is C20H15NO6. The molecule has 27 heavy (non-hydrogen) atoms. The largest absolute Gasteiger partial charge is 0.450 e. The third-order valence-corrected chi connectivity index (χ3v) is 3.75. The number of hydrogen-bond acceptors (Lipinski definition) is 6. The number of benzene rings is 2. The lowest BCUT2D eigenvalue weighted by molar-refractivity contribution is -0.119. The van der Waals surface area contributed by atoms with E-state index in [0.29, 0.717) is 16.6 Å². The quantitative estimate of drug-likeness (QED) is 0.551. The minimum Gasteiger partial charge on any atom is -0.450 e. The van der Waals surface area contributed by atoms with Crippen LogP contribution < -0.4 is 10.7 Å². The lowest BCUT2D eigenvalue weighted by atomic mass is 10.1. The Hall–Kier alpha value is -3.74. The van der Waals surface area contributed by atoms with Gasteiger partial charge in [-0.2, -0.15) is 0 Å². The second-order valence-corrected chi connectivity index (χ2v) is 5.70. The van der Waals surface area contributed by atoms with E-state index in [1.807, 2.05) is 0 Å². The SMILES string of the molecule is CC(=O)c1ccccc1NC(=O)COC(=O)c1cc(=O)c2ccccc2o1. The number of ether oxygens (including phenoxy) is 1. The first kappa shape index (κ1) is 18.1. The number of hydrogen-bond donors (Lipinski definition) is 1. The van der Waals surface area contributed by atoms with Gasteiger partial charge in [-0.05, 0) is 31.2 Å². The Morgan fingerprint density at radius 1 is 1.04 bits per heavy atom. The van der Waals surface area contributed by atoms with Crippen LogP contribution in [0.5, 0.6) is 0 Å². The molecule has 0 saturated carbocycles. The molecular weight excluding hydrogens is 350 g/mol. The molecule has 1 aromatic heterocycles. The van der Waals surface area contributed by atoms with Gasteiger partial charge in [0, 0.05) is 11.6 Å². The number of anilines is 1. The monoisotopic (exact) mass is 365 g/mol. The van der Waals surface area contributed by atoms with E-state index in [0.717, 1.165) is 6.07 Å². The maximum Gasteiger partial charge on any atom is 0.374 e. The van der Waals surface area contributed by atoms with Gasteiger partial charge in [0.2, 0.25) is 5.76 Å². The van der Waals surface area contributed by atoms with Crippen molar-refractivity contribution in [2.45, 2.75) is 6.92 Å². The lowest BCUT2D eigenvalue weighted by Gasteiger charge is -2.09. The van der Waals surface area contributed by atoms with Gasteiger partial charge < -0.3 is 14.5 Å². The van der Waals surface area contributed by atoms with Crippen molar-refractivity contribution in [3.63, 3.8) is 0 Å². The van der Waals surface area contributed by atoms with Crippen molar-refractivity contribution >= 4 is 34.3 Å². The molecule has 0 saturated heterocycles. The van der Waals surface area contributed by atoms with Crippen LogP contribution in [0.2, 0.25) is 0 Å². The second-order valence-electron chi connectivity index (χ2n) is 5.70. The van der Waals surface area contributed by atoms with Crippen molar-refractivity contribution < 1.29 is 23.5 Å². The van der Waals surface area contributed by atoms with E-state index >= 15 is 0 Å². The number of Topliss-reactive ketones (excluding diaryl/α,β-unsaturated/α-hetero) is 1. The van der Waals surface area contributed by atoms with Crippen molar-refractivity contribution in [2.75, 3.05) is 11.9 Å². The van der Waals surface area contributed by atoms with Gasteiger partial charge in [0.1, 0.15) is 5.58 Å². The summed E-state index contributed by atoms with van der Waals surface area (Å²) < 4.78 is 10.3. The van der Waals surface area contributed by atoms with E-state index < -0.39 is 18.5 Å². The van der Waals surface area contributed by atoms with Crippen LogP contribution in [0.4, 0.5) is 5.69 Å². The maximum atomic E-state index is 12.1. The number of fused-ring (bicyclic) bond motifs is 1. The van der Waals surface area contributed by atoms with Gasteiger partial charge in [0.15, 0.2) is 17.8 Å². The van der Waals surface area contributed by atoms with Crippen LogP contribution in [0, 0.1) is 0 Å². The highest BCUT2D eigenvalue weighted by Crippen LogP contribution is 2.16. The Kier molecular flexibility index (Phi) is 5.12. The molecule has 0 bridgehead atoms. The van der Waals surface area contributed by atoms with E-state index in [-0.39, 0.29) is 22.6 Å². The summed E-state index contributed by atoms with van der Waals surface area (Å²) in [6.07, 6.45) is 0. The van der Waals surface area contributed by atoms with E-state index in [2.05, 4.69) is 5.32 Å². The van der Waals surface area contributed by atoms with Crippen LogP contribution in [-0.2, 0) is 9.53 Å². The van der Waals surface area contributed by atoms with Crippen LogP contribution in [0.15, 0.2) is 63.8 Å². The number of amides is 1. The Bertz CT molecular complexity index is 1100. The Morgan fingerprint density at radius 3 is 2.52 bits per heavy atom. The van der Waals surface area contributed by atoms with Crippen molar-refractivity contribution in [3.05, 3.63) is 76.1 Å². The van der Waals surface area contributed by atoms with Crippen molar-refractivity contribution in [3.8, 4) is 0 Å². The van der Waals surface area contributed by atoms with Crippen LogP contribution in [-0.4, -0.2) is 24.3 Å². The molecule has 1 amide bonds. The zero-order chi connectivity index (χ0) is 19.4. The summed E-state index contributed by atoms with van der Waals surface area (Å²) in [5, 5.41) is 2.85. The molecule has 136 valence electrons. The molecule has 7 nitrogen and oxygen atoms in total. The Morgan fingerprint density at radius 2 is 1.74 bits per heavy atom. The predicted molar refractivity (Wildman–Crippen MR) is 97.8 cm³/mol. The van der Waals surface area contributed by atoms with Crippen molar-refractivity contribution in [2.24, 2.45) is 0 Å². The van der Waals surface area contributed by atoms with Gasteiger partial charge in [-0.1, -0.05) is 24.3 Å². The minimum absolute atomic E-state index is 0.208. The van der Waals surface area contributed by atoms with Gasteiger partial charge in [0.05, 0.1) is 11.1 Å². The molecule has 0 unspecified atom stereocenters. The van der Waals surface area contributed by atoms with Crippen LogP contribution in [0.25, 0.3) is 11.0 Å². The number of carbonyl (C=O) groups excluding carboxylic acids is 3. The maximum absolute atomic E-state index is 12.1. The highest BCUT2D eigenvalue weighted by molar-refractivity contribution is 6.04. The second kappa shape index (κ2) is 7.65. The van der Waals surface area contributed by atoms with Gasteiger partial charge in [-0.3, -0.25) is 14.4 Å². The van der Waals surface area contributed by atoms with E-state index in [4.69, 9.17) is 9.15 Å². The normalized spacial score (nSPS) is 10.4. The lowest BCUT2D eigenvalue weighted by Crippen LogP contribution is -2.22. The minimum atomic E-state index is -0.937. The number of esters is 1. The molecule has 1 N–H and O–H groups in total. The Balaban J connectivity index is 1.68. The van der Waals surface area contributed by atoms with Gasteiger partial charge >= 0.3 is 5.97 Å². The van der Waals surface area contributed by atoms with Gasteiger partial charge in [0.25, 0.3) is 5.91 Å². The average Bonchev–Trinajstić information content (AvgIpc) is 2.66. The third-order valence-electron chi connectivity index (χ3n) is 3.75. The zero-order valence-corrected chi connectivity index (χ0v) is 14.4. The van der Waals surface area contributed by atoms with Crippen molar-refractivity contribution in [1.29, 1.82) is 0 Å². The molecule has 2 aromatic carbocycles. The smallest absolute Gasteiger partial charge is 0.374 e. The molecule has 3 aromatic rings. The summed E-state index contributed by atoms with van der Waals surface area (Å²) >= 11 is 0. The van der Waals surface area contributed by atoms with Crippen LogP contribution >= 0.6 is 0 Å². The molecule has 0 atom stereocenters. The number of ketones is 1. The first-order valence-corrected chi connectivity index (χ1v) is 8.05. The summed E-state index contributed by atoms with van der Waals surface area (Å²) in [6, 6.07) is 14.0. The number of rotatable bonds is 5. The number of para-hydroxylation sites is 2. The fraction of sp³-hybridized carbons (Fsp3) is 0.100. The van der Waals surface area contributed by atoms with E-state index in [9.17, 15) is 19.2 Å². The fourth-order valence-electron chi connectivity index (χ4n) is 2.49. The summed E-state index contributed by atoms with van der Waals surface area (Å²) in [5.74, 6) is -2.07. The molecule has 0 aliphatic rings. The molecule has 0 radical (unpaired) electrons. The van der Waals surface area contributed by atoms with Crippen LogP contribution in [0.3, 0.4) is 0 Å². The molecule has 3 rings (SSSR count). The third kappa shape index (κ3) is 4.09.